The number of allylic oxidation sites excluding steroid dienone is 8. The zero-order chi connectivity index (χ0) is 25.1. The smallest absolute Gasteiger partial charge is 0.0788 e. The van der Waals surface area contributed by atoms with Crippen LogP contribution in [0.15, 0.2) is 131 Å². The molecule has 4 aliphatic rings. The summed E-state index contributed by atoms with van der Waals surface area (Å²) in [4.78, 5) is 9.93. The monoisotopic (exact) mass is 484 g/mol. The summed E-state index contributed by atoms with van der Waals surface area (Å²) >= 11 is 0. The maximum absolute atomic E-state index is 4.96. The van der Waals surface area contributed by atoms with Gasteiger partial charge in [-0.1, -0.05) is 109 Å². The van der Waals surface area contributed by atoms with E-state index in [-0.39, 0.29) is 0 Å². The van der Waals surface area contributed by atoms with Gasteiger partial charge in [-0.3, -0.25) is 0 Å². The minimum absolute atomic E-state index is 0.935. The lowest BCUT2D eigenvalue weighted by Crippen LogP contribution is -2.05. The molecule has 0 spiro atoms. The van der Waals surface area contributed by atoms with E-state index in [0.717, 1.165) is 35.6 Å². The Morgan fingerprint density at radius 3 is 1.18 bits per heavy atom. The Hall–Kier alpha value is -4.82. The molecule has 0 bridgehead atoms. The maximum Gasteiger partial charge on any atom is 0.0788 e. The lowest BCUT2D eigenvalue weighted by Gasteiger charge is -2.16. The number of benzene rings is 4. The van der Waals surface area contributed by atoms with E-state index >= 15 is 0 Å². The largest absolute Gasteiger partial charge is 0.247 e. The van der Waals surface area contributed by atoms with Crippen molar-refractivity contribution in [3.8, 4) is 11.1 Å². The number of fused-ring (bicyclic) bond motifs is 6. The van der Waals surface area contributed by atoms with Crippen LogP contribution >= 0.6 is 0 Å². The number of para-hydroxylation sites is 2. The van der Waals surface area contributed by atoms with Crippen molar-refractivity contribution < 1.29 is 0 Å². The van der Waals surface area contributed by atoms with E-state index in [0.29, 0.717) is 0 Å². The molecule has 178 valence electrons. The molecule has 0 radical (unpaired) electrons. The highest BCUT2D eigenvalue weighted by molar-refractivity contribution is 6.49. The van der Waals surface area contributed by atoms with Gasteiger partial charge in [0.2, 0.25) is 0 Å². The van der Waals surface area contributed by atoms with Crippen LogP contribution in [-0.4, -0.2) is 11.4 Å². The highest BCUT2D eigenvalue weighted by atomic mass is 14.8. The maximum atomic E-state index is 4.96. The molecule has 4 aromatic rings. The summed E-state index contributed by atoms with van der Waals surface area (Å²) in [6.45, 7) is 0. The van der Waals surface area contributed by atoms with Crippen LogP contribution in [0.3, 0.4) is 0 Å². The van der Waals surface area contributed by atoms with Crippen molar-refractivity contribution in [3.63, 3.8) is 0 Å². The van der Waals surface area contributed by atoms with E-state index in [2.05, 4.69) is 121 Å². The third-order valence-electron chi connectivity index (χ3n) is 7.89. The molecule has 0 saturated heterocycles. The number of nitrogens with zero attached hydrogens (tertiary/aromatic N) is 2. The van der Waals surface area contributed by atoms with Crippen LogP contribution in [0.5, 0.6) is 0 Å². The lowest BCUT2D eigenvalue weighted by molar-refractivity contribution is 1.39. The molecule has 8 rings (SSSR count). The van der Waals surface area contributed by atoms with Crippen molar-refractivity contribution in [1.82, 2.24) is 0 Å². The minimum Gasteiger partial charge on any atom is -0.247 e. The third-order valence-corrected chi connectivity index (χ3v) is 7.89. The first-order chi connectivity index (χ1) is 18.8. The van der Waals surface area contributed by atoms with Crippen LogP contribution < -0.4 is 0 Å². The quantitative estimate of drug-likeness (QED) is 0.277. The molecule has 4 aromatic carbocycles. The van der Waals surface area contributed by atoms with Crippen LogP contribution in [0.25, 0.3) is 33.4 Å². The first-order valence-electron chi connectivity index (χ1n) is 13.2. The van der Waals surface area contributed by atoms with Gasteiger partial charge in [-0.15, -0.1) is 0 Å². The van der Waals surface area contributed by atoms with E-state index in [1.165, 1.54) is 55.7 Å². The predicted molar refractivity (Wildman–Crippen MR) is 160 cm³/mol. The first kappa shape index (κ1) is 21.3. The van der Waals surface area contributed by atoms with E-state index in [1.807, 2.05) is 0 Å². The van der Waals surface area contributed by atoms with Gasteiger partial charge in [0.15, 0.2) is 0 Å². The zero-order valence-corrected chi connectivity index (χ0v) is 20.9. The summed E-state index contributed by atoms with van der Waals surface area (Å²) in [5, 5.41) is 0. The second-order valence-electron chi connectivity index (χ2n) is 10.1. The Labute approximate surface area is 222 Å². The Morgan fingerprint density at radius 2 is 0.737 bits per heavy atom. The van der Waals surface area contributed by atoms with Crippen molar-refractivity contribution in [1.29, 1.82) is 0 Å². The topological polar surface area (TPSA) is 24.7 Å². The third kappa shape index (κ3) is 3.27. The van der Waals surface area contributed by atoms with Gasteiger partial charge in [0.25, 0.3) is 0 Å². The molecule has 2 nitrogen and oxygen atoms in total. The number of aliphatic imine (C=N–C) groups is 2. The average Bonchev–Trinajstić information content (AvgIpc) is 3.56. The summed E-state index contributed by atoms with van der Waals surface area (Å²) in [6.07, 6.45) is 11.0. The zero-order valence-electron chi connectivity index (χ0n) is 20.9. The molecule has 0 N–H and O–H groups in total. The molecule has 0 saturated carbocycles. The number of hydrogen-bond donors (Lipinski definition) is 0. The predicted octanol–water partition coefficient (Wildman–Crippen LogP) is 9.27. The van der Waals surface area contributed by atoms with E-state index in [4.69, 9.17) is 9.98 Å². The summed E-state index contributed by atoms with van der Waals surface area (Å²) in [6, 6.07) is 34.7. The summed E-state index contributed by atoms with van der Waals surface area (Å²) < 4.78 is 0. The summed E-state index contributed by atoms with van der Waals surface area (Å²) in [7, 11) is 0. The fourth-order valence-electron chi connectivity index (χ4n) is 6.01. The Balaban J connectivity index is 1.05. The van der Waals surface area contributed by atoms with Crippen LogP contribution in [0, 0.1) is 0 Å². The molecule has 2 heterocycles. The Bertz CT molecular complexity index is 1680. The molecule has 0 aromatic heterocycles. The van der Waals surface area contributed by atoms with Crippen molar-refractivity contribution in [2.24, 2.45) is 9.98 Å². The molecule has 2 aliphatic carbocycles. The Morgan fingerprint density at radius 1 is 0.368 bits per heavy atom. The van der Waals surface area contributed by atoms with E-state index in [9.17, 15) is 0 Å². The average molecular weight is 485 g/mol. The van der Waals surface area contributed by atoms with Crippen LogP contribution in [0.1, 0.15) is 35.1 Å². The molecule has 0 atom stereocenters. The lowest BCUT2D eigenvalue weighted by atomic mass is 9.87. The van der Waals surface area contributed by atoms with E-state index < -0.39 is 0 Å². The van der Waals surface area contributed by atoms with Crippen LogP contribution in [0.4, 0.5) is 11.4 Å². The van der Waals surface area contributed by atoms with Gasteiger partial charge < -0.3 is 0 Å². The highest BCUT2D eigenvalue weighted by Crippen LogP contribution is 2.43. The van der Waals surface area contributed by atoms with Crippen LogP contribution in [0.2, 0.25) is 0 Å². The highest BCUT2D eigenvalue weighted by Gasteiger charge is 2.27. The molecule has 2 heteroatoms. The van der Waals surface area contributed by atoms with Gasteiger partial charge in [0.1, 0.15) is 0 Å². The number of rotatable bonds is 3. The molecule has 0 amide bonds. The first-order valence-corrected chi connectivity index (χ1v) is 13.2. The van der Waals surface area contributed by atoms with Gasteiger partial charge >= 0.3 is 0 Å². The molecular formula is C36H24N2. The van der Waals surface area contributed by atoms with Crippen molar-refractivity contribution in [3.05, 3.63) is 144 Å². The van der Waals surface area contributed by atoms with Gasteiger partial charge in [0.05, 0.1) is 22.8 Å². The SMILES string of the molecule is C1=C(c2ccc(-c3ccc(C4=CCC=C5C4=Nc4ccccc45)cc3)cc2)C2=Nc3ccccc3C2=CC1. The van der Waals surface area contributed by atoms with Gasteiger partial charge in [0, 0.05) is 33.4 Å². The standard InChI is InChI=1S/C36H24N2/c1-3-13-33-29(7-1)31-11-5-9-27(35(31)37-33)25-19-15-23(16-20-25)24-17-21-26(22-18-24)28-10-6-12-32-30-8-2-4-14-34(30)38-36(28)32/h1-4,7-22H,5-6H2. The van der Waals surface area contributed by atoms with Gasteiger partial charge in [-0.05, 0) is 47.2 Å². The normalized spacial score (nSPS) is 16.6. The molecule has 0 unspecified atom stereocenters. The molecule has 2 aliphatic heterocycles. The fraction of sp³-hybridized carbons (Fsp3) is 0.0556. The second-order valence-corrected chi connectivity index (χ2v) is 10.1. The molecule has 0 fully saturated rings. The summed E-state index contributed by atoms with van der Waals surface area (Å²) in [5.41, 5.74) is 16.7. The molecular weight excluding hydrogens is 460 g/mol. The van der Waals surface area contributed by atoms with Crippen LogP contribution in [-0.2, 0) is 0 Å². The summed E-state index contributed by atoms with van der Waals surface area (Å²) in [5.74, 6) is 0. The van der Waals surface area contributed by atoms with Gasteiger partial charge in [-0.25, -0.2) is 9.98 Å². The van der Waals surface area contributed by atoms with Crippen molar-refractivity contribution >= 4 is 45.1 Å². The fourth-order valence-corrected chi connectivity index (χ4v) is 6.01. The number of hydrogen-bond acceptors (Lipinski definition) is 2. The minimum atomic E-state index is 0.935. The second kappa shape index (κ2) is 8.36. The Kier molecular flexibility index (Phi) is 4.68. The van der Waals surface area contributed by atoms with Crippen molar-refractivity contribution in [2.75, 3.05) is 0 Å². The van der Waals surface area contributed by atoms with Crippen molar-refractivity contribution in [2.45, 2.75) is 12.8 Å². The molecule has 38 heavy (non-hydrogen) atoms. The van der Waals surface area contributed by atoms with E-state index in [1.54, 1.807) is 0 Å². The van der Waals surface area contributed by atoms with Gasteiger partial charge in [-0.2, -0.15) is 0 Å².